The minimum Gasteiger partial charge on any atom is -0.366 e. The average molecular weight is 420 g/mol. The highest BCUT2D eigenvalue weighted by Gasteiger charge is 2.34. The molecule has 1 saturated heterocycles. The number of halogens is 3. The summed E-state index contributed by atoms with van der Waals surface area (Å²) < 4.78 is 40.9. The lowest BCUT2D eigenvalue weighted by Crippen LogP contribution is -2.43. The van der Waals surface area contributed by atoms with E-state index in [0.29, 0.717) is 18.7 Å². The number of nitrogens with one attached hydrogen (secondary N) is 2. The number of nitrogens with two attached hydrogens (primary N) is 1. The van der Waals surface area contributed by atoms with Crippen molar-refractivity contribution >= 4 is 17.5 Å². The topological polar surface area (TPSA) is 87.5 Å². The van der Waals surface area contributed by atoms with Crippen LogP contribution in [0.25, 0.3) is 0 Å². The fourth-order valence-corrected chi connectivity index (χ4v) is 3.40. The summed E-state index contributed by atoms with van der Waals surface area (Å²) in [5.41, 5.74) is 5.64. The van der Waals surface area contributed by atoms with Crippen molar-refractivity contribution in [2.75, 3.05) is 31.5 Å². The van der Waals surface area contributed by atoms with Gasteiger partial charge in [-0.2, -0.15) is 13.2 Å². The van der Waals surface area contributed by atoms with Crippen LogP contribution in [0.15, 0.2) is 36.4 Å². The molecule has 0 atom stereocenters. The van der Waals surface area contributed by atoms with E-state index in [1.807, 2.05) is 4.90 Å². The summed E-state index contributed by atoms with van der Waals surface area (Å²) in [4.78, 5) is 26.0. The molecule has 3 rings (SSSR count). The summed E-state index contributed by atoms with van der Waals surface area (Å²) in [7, 11) is 0. The molecule has 4 N–H and O–H groups in total. The maximum absolute atomic E-state index is 13.6. The van der Waals surface area contributed by atoms with Crippen LogP contribution in [-0.2, 0) is 12.7 Å². The first kappa shape index (κ1) is 21.8. The first-order chi connectivity index (χ1) is 14.1. The van der Waals surface area contributed by atoms with Gasteiger partial charge in [-0.1, -0.05) is 12.1 Å². The normalized spacial score (nSPS) is 15.1. The van der Waals surface area contributed by atoms with Gasteiger partial charge in [0.25, 0.3) is 5.91 Å². The van der Waals surface area contributed by atoms with Gasteiger partial charge in [0.1, 0.15) is 0 Å². The highest BCUT2D eigenvalue weighted by atomic mass is 19.4. The summed E-state index contributed by atoms with van der Waals surface area (Å²) in [5, 5.41) is 5.69. The van der Waals surface area contributed by atoms with Crippen LogP contribution in [0.1, 0.15) is 37.4 Å². The van der Waals surface area contributed by atoms with Crippen LogP contribution in [0.3, 0.4) is 0 Å². The molecule has 2 aromatic rings. The summed E-state index contributed by atoms with van der Waals surface area (Å²) in [6, 6.07) is 8.17. The molecular weight excluding hydrogens is 397 g/mol. The van der Waals surface area contributed by atoms with Gasteiger partial charge in [-0.3, -0.25) is 14.5 Å². The Morgan fingerprint density at radius 3 is 2.47 bits per heavy atom. The van der Waals surface area contributed by atoms with Crippen LogP contribution in [-0.4, -0.2) is 42.9 Å². The molecule has 0 unspecified atom stereocenters. The minimum absolute atomic E-state index is 0.118. The number of amides is 2. The largest absolute Gasteiger partial charge is 0.416 e. The van der Waals surface area contributed by atoms with E-state index >= 15 is 0 Å². The first-order valence-electron chi connectivity index (χ1n) is 9.50. The fourth-order valence-electron chi connectivity index (χ4n) is 3.40. The third-order valence-electron chi connectivity index (χ3n) is 5.04. The summed E-state index contributed by atoms with van der Waals surface area (Å²) in [6.45, 7) is 4.64. The third kappa shape index (κ3) is 5.17. The van der Waals surface area contributed by atoms with Gasteiger partial charge in [0.15, 0.2) is 0 Å². The summed E-state index contributed by atoms with van der Waals surface area (Å²) in [6.07, 6.45) is -4.58. The van der Waals surface area contributed by atoms with Gasteiger partial charge in [-0.05, 0) is 42.3 Å². The second kappa shape index (κ2) is 8.85. The maximum atomic E-state index is 13.6. The molecule has 0 saturated carbocycles. The maximum Gasteiger partial charge on any atom is 0.416 e. The number of alkyl halides is 3. The number of hydrogen-bond donors (Lipinski definition) is 3. The Labute approximate surface area is 172 Å². The first-order valence-corrected chi connectivity index (χ1v) is 9.50. The molecule has 0 bridgehead atoms. The van der Waals surface area contributed by atoms with Crippen molar-refractivity contribution < 1.29 is 22.8 Å². The van der Waals surface area contributed by atoms with E-state index in [9.17, 15) is 22.8 Å². The molecule has 2 amide bonds. The SMILES string of the molecule is Cc1ccc(NC(=O)c2ccc(CN3CCNCC3)c(C(F)(F)F)c2)cc1C(N)=O. The molecule has 30 heavy (non-hydrogen) atoms. The van der Waals surface area contributed by atoms with Crippen LogP contribution in [0, 0.1) is 6.92 Å². The van der Waals surface area contributed by atoms with Gasteiger partial charge in [0, 0.05) is 49.5 Å². The lowest BCUT2D eigenvalue weighted by atomic mass is 10.0. The third-order valence-corrected chi connectivity index (χ3v) is 5.04. The van der Waals surface area contributed by atoms with Gasteiger partial charge in [-0.25, -0.2) is 0 Å². The van der Waals surface area contributed by atoms with Crippen molar-refractivity contribution in [1.82, 2.24) is 10.2 Å². The van der Waals surface area contributed by atoms with Gasteiger partial charge < -0.3 is 16.4 Å². The zero-order chi connectivity index (χ0) is 21.9. The van der Waals surface area contributed by atoms with E-state index < -0.39 is 23.6 Å². The monoisotopic (exact) mass is 420 g/mol. The number of carbonyl (C=O) groups is 2. The average Bonchev–Trinajstić information content (AvgIpc) is 2.69. The Balaban J connectivity index is 1.84. The number of primary amides is 1. The van der Waals surface area contributed by atoms with Gasteiger partial charge in [-0.15, -0.1) is 0 Å². The number of anilines is 1. The van der Waals surface area contributed by atoms with E-state index in [4.69, 9.17) is 5.73 Å². The van der Waals surface area contributed by atoms with Crippen molar-refractivity contribution in [1.29, 1.82) is 0 Å². The Morgan fingerprint density at radius 1 is 1.13 bits per heavy atom. The molecule has 1 heterocycles. The van der Waals surface area contributed by atoms with Crippen LogP contribution < -0.4 is 16.4 Å². The van der Waals surface area contributed by atoms with Crippen LogP contribution >= 0.6 is 0 Å². The molecular formula is C21H23F3N4O2. The summed E-state index contributed by atoms with van der Waals surface area (Å²) >= 11 is 0. The molecule has 0 radical (unpaired) electrons. The van der Waals surface area contributed by atoms with Crippen LogP contribution in [0.4, 0.5) is 18.9 Å². The fraction of sp³-hybridized carbons (Fsp3) is 0.333. The number of rotatable bonds is 5. The van der Waals surface area contributed by atoms with Gasteiger partial charge >= 0.3 is 6.18 Å². The number of benzene rings is 2. The van der Waals surface area contributed by atoms with Crippen molar-refractivity contribution in [2.24, 2.45) is 5.73 Å². The second-order valence-electron chi connectivity index (χ2n) is 7.24. The minimum atomic E-state index is -4.58. The van der Waals surface area contributed by atoms with E-state index in [0.717, 1.165) is 19.2 Å². The zero-order valence-corrected chi connectivity index (χ0v) is 16.5. The predicted octanol–water partition coefficient (Wildman–Crippen LogP) is 2.77. The lowest BCUT2D eigenvalue weighted by Gasteiger charge is -2.28. The number of aryl methyl sites for hydroxylation is 1. The zero-order valence-electron chi connectivity index (χ0n) is 16.5. The molecule has 0 aromatic heterocycles. The molecule has 1 aliphatic heterocycles. The van der Waals surface area contributed by atoms with Crippen molar-refractivity contribution in [2.45, 2.75) is 19.6 Å². The second-order valence-corrected chi connectivity index (χ2v) is 7.24. The molecule has 6 nitrogen and oxygen atoms in total. The van der Waals surface area contributed by atoms with Crippen molar-refractivity contribution in [3.8, 4) is 0 Å². The molecule has 9 heteroatoms. The molecule has 160 valence electrons. The number of hydrogen-bond acceptors (Lipinski definition) is 4. The predicted molar refractivity (Wildman–Crippen MR) is 107 cm³/mol. The highest BCUT2D eigenvalue weighted by Crippen LogP contribution is 2.33. The molecule has 0 spiro atoms. The van der Waals surface area contributed by atoms with E-state index in [1.54, 1.807) is 19.1 Å². The van der Waals surface area contributed by atoms with Crippen molar-refractivity contribution in [3.63, 3.8) is 0 Å². The number of piperazine rings is 1. The van der Waals surface area contributed by atoms with Gasteiger partial charge in [0.2, 0.25) is 5.91 Å². The quantitative estimate of drug-likeness (QED) is 0.694. The smallest absolute Gasteiger partial charge is 0.366 e. The van der Waals surface area contributed by atoms with E-state index in [2.05, 4.69) is 10.6 Å². The van der Waals surface area contributed by atoms with E-state index in [-0.39, 0.29) is 28.9 Å². The Morgan fingerprint density at radius 2 is 1.83 bits per heavy atom. The van der Waals surface area contributed by atoms with E-state index in [1.165, 1.54) is 18.2 Å². The Kier molecular flexibility index (Phi) is 6.42. The molecule has 1 fully saturated rings. The Hall–Kier alpha value is -2.91. The number of carbonyl (C=O) groups excluding carboxylic acids is 2. The Bertz CT molecular complexity index is 954. The molecule has 0 aliphatic carbocycles. The van der Waals surface area contributed by atoms with Crippen LogP contribution in [0.2, 0.25) is 0 Å². The lowest BCUT2D eigenvalue weighted by molar-refractivity contribution is -0.138. The standard InChI is InChI=1S/C21H23F3N4O2/c1-13-2-5-16(11-17(13)19(25)29)27-20(30)14-3-4-15(18(10-14)21(22,23)24)12-28-8-6-26-7-9-28/h2-5,10-11,26H,6-9,12H2,1H3,(H2,25,29)(H,27,30). The molecule has 2 aromatic carbocycles. The van der Waals surface area contributed by atoms with Crippen LogP contribution in [0.5, 0.6) is 0 Å². The number of nitrogens with zero attached hydrogens (tertiary/aromatic N) is 1. The molecule has 1 aliphatic rings. The highest BCUT2D eigenvalue weighted by molar-refractivity contribution is 6.05. The van der Waals surface area contributed by atoms with Crippen molar-refractivity contribution in [3.05, 3.63) is 64.2 Å². The summed E-state index contributed by atoms with van der Waals surface area (Å²) in [5.74, 6) is -1.35. The van der Waals surface area contributed by atoms with Gasteiger partial charge in [0.05, 0.1) is 5.56 Å².